The van der Waals surface area contributed by atoms with E-state index in [-0.39, 0.29) is 11.6 Å². The summed E-state index contributed by atoms with van der Waals surface area (Å²) in [7, 11) is 0. The molecule has 1 unspecified atom stereocenters. The molecule has 1 aromatic rings. The molecule has 0 amide bonds. The fraction of sp³-hybridized carbons (Fsp3) is 0.538. The van der Waals surface area contributed by atoms with Crippen LogP contribution in [0.3, 0.4) is 0 Å². The molecule has 1 aliphatic carbocycles. The molecule has 4 heteroatoms. The Morgan fingerprint density at radius 3 is 2.71 bits per heavy atom. The van der Waals surface area contributed by atoms with Crippen LogP contribution in [-0.2, 0) is 6.42 Å². The van der Waals surface area contributed by atoms with Gasteiger partial charge in [0.15, 0.2) is 0 Å². The molecule has 3 nitrogen and oxygen atoms in total. The van der Waals surface area contributed by atoms with Crippen molar-refractivity contribution in [1.29, 1.82) is 0 Å². The second-order valence-corrected chi connectivity index (χ2v) is 6.41. The smallest absolute Gasteiger partial charge is 0.0764 e. The molecule has 1 aromatic carbocycles. The third-order valence-corrected chi connectivity index (χ3v) is 3.71. The van der Waals surface area contributed by atoms with E-state index in [1.807, 2.05) is 26.8 Å². The summed E-state index contributed by atoms with van der Waals surface area (Å²) >= 11 is 3.48. The summed E-state index contributed by atoms with van der Waals surface area (Å²) in [6.45, 7) is 6.06. The van der Waals surface area contributed by atoms with Gasteiger partial charge < -0.3 is 0 Å². The highest BCUT2D eigenvalue weighted by Gasteiger charge is 2.34. The SMILES string of the molecule is CC(C)(C)N(N=O)C1CCc2cc(Br)ccc21. The van der Waals surface area contributed by atoms with Crippen LogP contribution in [-0.4, -0.2) is 10.5 Å². The molecule has 2 rings (SSSR count). The first-order chi connectivity index (χ1) is 7.93. The van der Waals surface area contributed by atoms with Gasteiger partial charge in [-0.3, -0.25) is 0 Å². The Labute approximate surface area is 110 Å². The van der Waals surface area contributed by atoms with E-state index >= 15 is 0 Å². The summed E-state index contributed by atoms with van der Waals surface area (Å²) in [6, 6.07) is 6.39. The first-order valence-corrected chi connectivity index (χ1v) is 6.63. The Morgan fingerprint density at radius 2 is 2.12 bits per heavy atom. The number of rotatable bonds is 2. The average molecular weight is 297 g/mol. The van der Waals surface area contributed by atoms with Crippen LogP contribution in [0, 0.1) is 4.91 Å². The summed E-state index contributed by atoms with van der Waals surface area (Å²) in [5.74, 6) is 0. The number of hydrogen-bond acceptors (Lipinski definition) is 2. The molecule has 17 heavy (non-hydrogen) atoms. The van der Waals surface area contributed by atoms with Crippen molar-refractivity contribution in [1.82, 2.24) is 5.01 Å². The van der Waals surface area contributed by atoms with E-state index in [1.54, 1.807) is 5.01 Å². The van der Waals surface area contributed by atoms with Gasteiger partial charge in [-0.25, -0.2) is 5.01 Å². The summed E-state index contributed by atoms with van der Waals surface area (Å²) in [5.41, 5.74) is 2.33. The molecule has 1 aliphatic rings. The van der Waals surface area contributed by atoms with Crippen LogP contribution in [0.2, 0.25) is 0 Å². The zero-order valence-corrected chi connectivity index (χ0v) is 12.0. The van der Waals surface area contributed by atoms with Gasteiger partial charge in [0.05, 0.1) is 16.9 Å². The summed E-state index contributed by atoms with van der Waals surface area (Å²) in [5, 5.41) is 4.92. The van der Waals surface area contributed by atoms with Gasteiger partial charge in [-0.2, -0.15) is 0 Å². The van der Waals surface area contributed by atoms with Crippen LogP contribution < -0.4 is 0 Å². The Kier molecular flexibility index (Phi) is 3.25. The number of hydrogen-bond donors (Lipinski definition) is 0. The second-order valence-electron chi connectivity index (χ2n) is 5.49. The Balaban J connectivity index is 2.36. The van der Waals surface area contributed by atoms with Crippen molar-refractivity contribution in [3.05, 3.63) is 38.7 Å². The van der Waals surface area contributed by atoms with Gasteiger partial charge in [-0.05, 0) is 56.9 Å². The van der Waals surface area contributed by atoms with Crippen molar-refractivity contribution in [3.8, 4) is 0 Å². The van der Waals surface area contributed by atoms with Crippen LogP contribution in [0.5, 0.6) is 0 Å². The normalized spacial score (nSPS) is 18.9. The van der Waals surface area contributed by atoms with Crippen molar-refractivity contribution in [2.75, 3.05) is 0 Å². The minimum Gasteiger partial charge on any atom is -0.248 e. The van der Waals surface area contributed by atoms with Gasteiger partial charge in [0.1, 0.15) is 0 Å². The van der Waals surface area contributed by atoms with Gasteiger partial charge in [0, 0.05) is 4.47 Å². The van der Waals surface area contributed by atoms with E-state index in [0.717, 1.165) is 17.3 Å². The zero-order valence-electron chi connectivity index (χ0n) is 10.4. The Bertz CT molecular complexity index is 440. The van der Waals surface area contributed by atoms with Crippen LogP contribution in [0.15, 0.2) is 28.0 Å². The van der Waals surface area contributed by atoms with Crippen LogP contribution in [0.25, 0.3) is 0 Å². The molecule has 0 aromatic heterocycles. The standard InChI is InChI=1S/C13H17BrN2O/c1-13(2,3)16(15-17)12-7-4-9-8-10(14)5-6-11(9)12/h5-6,8,12H,4,7H2,1-3H3. The lowest BCUT2D eigenvalue weighted by Crippen LogP contribution is -2.39. The first kappa shape index (κ1) is 12.6. The molecule has 0 bridgehead atoms. The molecular formula is C13H17BrN2O. The maximum Gasteiger partial charge on any atom is 0.0764 e. The second kappa shape index (κ2) is 4.41. The number of halogens is 1. The third-order valence-electron chi connectivity index (χ3n) is 3.22. The molecule has 0 radical (unpaired) electrons. The number of nitroso groups, excluding NO2 is 1. The van der Waals surface area contributed by atoms with E-state index in [9.17, 15) is 4.91 Å². The maximum absolute atomic E-state index is 11.1. The van der Waals surface area contributed by atoms with Crippen molar-refractivity contribution >= 4 is 15.9 Å². The molecular weight excluding hydrogens is 280 g/mol. The minimum absolute atomic E-state index is 0.121. The molecule has 0 heterocycles. The molecule has 0 spiro atoms. The largest absolute Gasteiger partial charge is 0.248 e. The van der Waals surface area contributed by atoms with Crippen LogP contribution in [0.1, 0.15) is 44.4 Å². The lowest BCUT2D eigenvalue weighted by atomic mass is 10.0. The number of aryl methyl sites for hydroxylation is 1. The van der Waals surface area contributed by atoms with E-state index in [4.69, 9.17) is 0 Å². The molecule has 0 fully saturated rings. The Morgan fingerprint density at radius 1 is 1.41 bits per heavy atom. The van der Waals surface area contributed by atoms with E-state index in [0.29, 0.717) is 0 Å². The fourth-order valence-electron chi connectivity index (χ4n) is 2.46. The molecule has 92 valence electrons. The van der Waals surface area contributed by atoms with Gasteiger partial charge >= 0.3 is 0 Å². The van der Waals surface area contributed by atoms with E-state index in [1.165, 1.54) is 11.1 Å². The lowest BCUT2D eigenvalue weighted by molar-refractivity contribution is 0.0832. The predicted molar refractivity (Wildman–Crippen MR) is 72.6 cm³/mol. The van der Waals surface area contributed by atoms with Crippen molar-refractivity contribution in [3.63, 3.8) is 0 Å². The van der Waals surface area contributed by atoms with Gasteiger partial charge in [0.25, 0.3) is 0 Å². The average Bonchev–Trinajstić information content (AvgIpc) is 2.60. The van der Waals surface area contributed by atoms with Crippen LogP contribution in [0.4, 0.5) is 0 Å². The van der Waals surface area contributed by atoms with E-state index < -0.39 is 0 Å². The lowest BCUT2D eigenvalue weighted by Gasteiger charge is -2.35. The monoisotopic (exact) mass is 296 g/mol. The van der Waals surface area contributed by atoms with Crippen molar-refractivity contribution in [2.45, 2.75) is 45.2 Å². The molecule has 0 saturated carbocycles. The topological polar surface area (TPSA) is 32.7 Å². The summed E-state index contributed by atoms with van der Waals surface area (Å²) in [4.78, 5) is 11.1. The summed E-state index contributed by atoms with van der Waals surface area (Å²) in [6.07, 6.45) is 1.98. The number of fused-ring (bicyclic) bond motifs is 1. The highest BCUT2D eigenvalue weighted by molar-refractivity contribution is 9.10. The van der Waals surface area contributed by atoms with Crippen molar-refractivity contribution < 1.29 is 0 Å². The number of nitrogens with zero attached hydrogens (tertiary/aromatic N) is 2. The number of benzene rings is 1. The predicted octanol–water partition coefficient (Wildman–Crippen LogP) is 4.22. The van der Waals surface area contributed by atoms with Crippen LogP contribution >= 0.6 is 15.9 Å². The molecule has 0 aliphatic heterocycles. The Hall–Kier alpha value is -0.900. The molecule has 0 saturated heterocycles. The molecule has 0 N–H and O–H groups in total. The highest BCUT2D eigenvalue weighted by Crippen LogP contribution is 2.40. The van der Waals surface area contributed by atoms with Crippen molar-refractivity contribution in [2.24, 2.45) is 5.29 Å². The highest BCUT2D eigenvalue weighted by atomic mass is 79.9. The summed E-state index contributed by atoms with van der Waals surface area (Å²) < 4.78 is 1.10. The fourth-order valence-corrected chi connectivity index (χ4v) is 2.87. The van der Waals surface area contributed by atoms with Gasteiger partial charge in [-0.1, -0.05) is 22.0 Å². The maximum atomic E-state index is 11.1. The van der Waals surface area contributed by atoms with Gasteiger partial charge in [-0.15, -0.1) is 4.91 Å². The first-order valence-electron chi connectivity index (χ1n) is 5.84. The van der Waals surface area contributed by atoms with Gasteiger partial charge in [0.2, 0.25) is 0 Å². The van der Waals surface area contributed by atoms with E-state index in [2.05, 4.69) is 33.3 Å². The zero-order chi connectivity index (χ0) is 12.6. The minimum atomic E-state index is -0.235. The molecule has 1 atom stereocenters. The third kappa shape index (κ3) is 2.37. The quantitative estimate of drug-likeness (QED) is 0.605.